The van der Waals surface area contributed by atoms with Gasteiger partial charge in [0.2, 0.25) is 0 Å². The molecule has 8 heteroatoms. The monoisotopic (exact) mass is 433 g/mol. The van der Waals surface area contributed by atoms with Gasteiger partial charge in [0.05, 0.1) is 17.6 Å². The molecule has 6 nitrogen and oxygen atoms in total. The lowest BCUT2D eigenvalue weighted by Crippen LogP contribution is -2.17. The maximum Gasteiger partial charge on any atom is 0.344 e. The number of hydrogen-bond donors (Lipinski definition) is 1. The number of carbonyl (C=O) groups is 3. The molecule has 132 valence electrons. The molecular formula is C18H12BrNO5S. The van der Waals surface area contributed by atoms with Gasteiger partial charge in [0.25, 0.3) is 11.1 Å². The van der Waals surface area contributed by atoms with Crippen molar-refractivity contribution in [1.29, 1.82) is 0 Å². The molecule has 0 radical (unpaired) electrons. The van der Waals surface area contributed by atoms with Gasteiger partial charge in [-0.05, 0) is 63.6 Å². The maximum absolute atomic E-state index is 12.3. The van der Waals surface area contributed by atoms with E-state index >= 15 is 0 Å². The third kappa shape index (κ3) is 3.97. The van der Waals surface area contributed by atoms with Gasteiger partial charge in [-0.1, -0.05) is 18.2 Å². The molecular weight excluding hydrogens is 422 g/mol. The molecule has 1 N–H and O–H groups in total. The summed E-state index contributed by atoms with van der Waals surface area (Å²) in [7, 11) is 1.45. The summed E-state index contributed by atoms with van der Waals surface area (Å²) >= 11 is 4.14. The van der Waals surface area contributed by atoms with Crippen molar-refractivity contribution in [3.05, 3.63) is 63.0 Å². The minimum atomic E-state index is -0.529. The molecule has 0 aromatic heterocycles. The van der Waals surface area contributed by atoms with Crippen molar-refractivity contribution >= 4 is 50.9 Å². The lowest BCUT2D eigenvalue weighted by molar-refractivity contribution is -0.115. The van der Waals surface area contributed by atoms with Crippen molar-refractivity contribution in [3.8, 4) is 11.5 Å². The summed E-state index contributed by atoms with van der Waals surface area (Å²) < 4.78 is 11.3. The Morgan fingerprint density at radius 3 is 2.58 bits per heavy atom. The summed E-state index contributed by atoms with van der Waals surface area (Å²) in [5, 5.41) is 1.78. The highest BCUT2D eigenvalue weighted by atomic mass is 79.9. The van der Waals surface area contributed by atoms with Gasteiger partial charge in [0.15, 0.2) is 11.5 Å². The topological polar surface area (TPSA) is 81.7 Å². The Labute approximate surface area is 161 Å². The Kier molecular flexibility index (Phi) is 5.43. The number of halogens is 1. The van der Waals surface area contributed by atoms with Gasteiger partial charge in [-0.15, -0.1) is 0 Å². The van der Waals surface area contributed by atoms with Gasteiger partial charge in [-0.25, -0.2) is 4.79 Å². The normalized spacial score (nSPS) is 15.1. The van der Waals surface area contributed by atoms with Gasteiger partial charge in [0.1, 0.15) is 0 Å². The largest absolute Gasteiger partial charge is 0.493 e. The standard InChI is InChI=1S/C18H12BrNO5S/c1-24-14-8-10(9-15-16(21)20-18(23)26-15)6-7-13(14)25-17(22)11-4-2-3-5-12(11)19/h2-9H,1H3,(H,20,21,23)/b15-9-. The van der Waals surface area contributed by atoms with Crippen LogP contribution in [-0.4, -0.2) is 24.2 Å². The summed E-state index contributed by atoms with van der Waals surface area (Å²) in [5.74, 6) is -0.397. The van der Waals surface area contributed by atoms with E-state index in [4.69, 9.17) is 9.47 Å². The zero-order valence-corrected chi connectivity index (χ0v) is 15.8. The fourth-order valence-corrected chi connectivity index (χ4v) is 3.34. The van der Waals surface area contributed by atoms with Crippen LogP contribution in [-0.2, 0) is 4.79 Å². The number of thioether (sulfide) groups is 1. The molecule has 1 saturated heterocycles. The van der Waals surface area contributed by atoms with Crippen LogP contribution in [0.25, 0.3) is 6.08 Å². The van der Waals surface area contributed by atoms with E-state index in [0.717, 1.165) is 11.8 Å². The van der Waals surface area contributed by atoms with E-state index in [1.54, 1.807) is 48.5 Å². The molecule has 2 aromatic rings. The van der Waals surface area contributed by atoms with E-state index in [-0.39, 0.29) is 10.7 Å². The van der Waals surface area contributed by atoms with Gasteiger partial charge >= 0.3 is 5.97 Å². The Hall–Kier alpha value is -2.58. The maximum atomic E-state index is 12.3. The van der Waals surface area contributed by atoms with Crippen molar-refractivity contribution < 1.29 is 23.9 Å². The Morgan fingerprint density at radius 2 is 1.92 bits per heavy atom. The molecule has 26 heavy (non-hydrogen) atoms. The predicted molar refractivity (Wildman–Crippen MR) is 101 cm³/mol. The number of rotatable bonds is 4. The number of imide groups is 1. The number of amides is 2. The van der Waals surface area contributed by atoms with Crippen LogP contribution >= 0.6 is 27.7 Å². The van der Waals surface area contributed by atoms with Gasteiger partial charge < -0.3 is 9.47 Å². The quantitative estimate of drug-likeness (QED) is 0.445. The van der Waals surface area contributed by atoms with Crippen molar-refractivity contribution in [1.82, 2.24) is 5.32 Å². The lowest BCUT2D eigenvalue weighted by atomic mass is 10.2. The van der Waals surface area contributed by atoms with Crippen molar-refractivity contribution in [2.24, 2.45) is 0 Å². The highest BCUT2D eigenvalue weighted by molar-refractivity contribution is 9.10. The average molecular weight is 434 g/mol. The molecule has 3 rings (SSSR count). The first-order valence-corrected chi connectivity index (χ1v) is 8.98. The van der Waals surface area contributed by atoms with Crippen LogP contribution in [0.15, 0.2) is 51.8 Å². The molecule has 0 atom stereocenters. The third-order valence-corrected chi connectivity index (χ3v) is 4.93. The van der Waals surface area contributed by atoms with E-state index in [9.17, 15) is 14.4 Å². The molecule has 0 spiro atoms. The summed E-state index contributed by atoms with van der Waals surface area (Å²) in [5.41, 5.74) is 1.02. The number of nitrogens with one attached hydrogen (secondary N) is 1. The van der Waals surface area contributed by atoms with Crippen LogP contribution in [0.2, 0.25) is 0 Å². The lowest BCUT2D eigenvalue weighted by Gasteiger charge is -2.11. The zero-order valence-electron chi connectivity index (χ0n) is 13.4. The number of esters is 1. The molecule has 0 aliphatic carbocycles. The van der Waals surface area contributed by atoms with E-state index in [1.807, 2.05) is 0 Å². The number of methoxy groups -OCH3 is 1. The number of ether oxygens (including phenoxy) is 2. The highest BCUT2D eigenvalue weighted by Gasteiger charge is 2.25. The molecule has 1 fully saturated rings. The van der Waals surface area contributed by atoms with Crippen molar-refractivity contribution in [2.75, 3.05) is 7.11 Å². The molecule has 0 bridgehead atoms. The predicted octanol–water partition coefficient (Wildman–Crippen LogP) is 4.00. The fraction of sp³-hybridized carbons (Fsp3) is 0.0556. The smallest absolute Gasteiger partial charge is 0.344 e. The van der Waals surface area contributed by atoms with Crippen LogP contribution in [0.1, 0.15) is 15.9 Å². The number of benzene rings is 2. The summed E-state index contributed by atoms with van der Waals surface area (Å²) in [4.78, 5) is 35.5. The second-order valence-corrected chi connectivity index (χ2v) is 7.00. The summed E-state index contributed by atoms with van der Waals surface area (Å²) in [6, 6.07) is 11.8. The summed E-state index contributed by atoms with van der Waals surface area (Å²) in [6.07, 6.45) is 1.56. The van der Waals surface area contributed by atoms with Crippen LogP contribution in [0.5, 0.6) is 11.5 Å². The first kappa shape index (κ1) is 18.2. The SMILES string of the molecule is COc1cc(/C=C2\SC(=O)NC2=O)ccc1OC(=O)c1ccccc1Br. The number of carbonyl (C=O) groups excluding carboxylic acids is 3. The Morgan fingerprint density at radius 1 is 1.15 bits per heavy atom. The van der Waals surface area contributed by atoms with Gasteiger partial charge in [-0.2, -0.15) is 0 Å². The fourth-order valence-electron chi connectivity index (χ4n) is 2.21. The van der Waals surface area contributed by atoms with Crippen LogP contribution in [0.4, 0.5) is 4.79 Å². The van der Waals surface area contributed by atoms with E-state index in [1.165, 1.54) is 7.11 Å². The van der Waals surface area contributed by atoms with E-state index in [2.05, 4.69) is 21.2 Å². The van der Waals surface area contributed by atoms with E-state index in [0.29, 0.717) is 21.3 Å². The molecule has 1 aliphatic heterocycles. The van der Waals surface area contributed by atoms with Crippen LogP contribution < -0.4 is 14.8 Å². The summed E-state index contributed by atoms with van der Waals surface area (Å²) in [6.45, 7) is 0. The minimum Gasteiger partial charge on any atom is -0.493 e. The van der Waals surface area contributed by atoms with Gasteiger partial charge in [-0.3, -0.25) is 14.9 Å². The Bertz CT molecular complexity index is 941. The minimum absolute atomic E-state index is 0.245. The molecule has 0 unspecified atom stereocenters. The first-order valence-electron chi connectivity index (χ1n) is 7.37. The van der Waals surface area contributed by atoms with Gasteiger partial charge in [0, 0.05) is 4.47 Å². The second-order valence-electron chi connectivity index (χ2n) is 5.13. The molecule has 1 aliphatic rings. The molecule has 1 heterocycles. The zero-order chi connectivity index (χ0) is 18.7. The third-order valence-electron chi connectivity index (χ3n) is 3.42. The first-order chi connectivity index (χ1) is 12.5. The molecule has 2 amide bonds. The highest BCUT2D eigenvalue weighted by Crippen LogP contribution is 2.32. The second kappa shape index (κ2) is 7.76. The molecule has 2 aromatic carbocycles. The Balaban J connectivity index is 1.85. The van der Waals surface area contributed by atoms with Crippen molar-refractivity contribution in [2.45, 2.75) is 0 Å². The average Bonchev–Trinajstić information content (AvgIpc) is 2.93. The van der Waals surface area contributed by atoms with Crippen LogP contribution in [0, 0.1) is 0 Å². The molecule has 0 saturated carbocycles. The number of hydrogen-bond acceptors (Lipinski definition) is 6. The van der Waals surface area contributed by atoms with E-state index < -0.39 is 17.1 Å². The van der Waals surface area contributed by atoms with Crippen LogP contribution in [0.3, 0.4) is 0 Å². The van der Waals surface area contributed by atoms with Crippen molar-refractivity contribution in [3.63, 3.8) is 0 Å².